The lowest BCUT2D eigenvalue weighted by atomic mass is 9.84. The third-order valence-corrected chi connectivity index (χ3v) is 5.85. The van der Waals surface area contributed by atoms with Crippen LogP contribution in [0.25, 0.3) is 0 Å². The third kappa shape index (κ3) is 4.85. The highest BCUT2D eigenvalue weighted by Crippen LogP contribution is 2.38. The van der Waals surface area contributed by atoms with Crippen LogP contribution < -0.4 is 15.4 Å². The van der Waals surface area contributed by atoms with Crippen molar-refractivity contribution in [2.24, 2.45) is 0 Å². The van der Waals surface area contributed by atoms with Gasteiger partial charge in [0.2, 0.25) is 0 Å². The number of phenolic OH excluding ortho intramolecular Hbond substituents is 1. The molecular weight excluding hydrogens is 432 g/mol. The summed E-state index contributed by atoms with van der Waals surface area (Å²) in [5, 5.41) is 25.1. The van der Waals surface area contributed by atoms with Crippen molar-refractivity contribution in [2.75, 3.05) is 32.1 Å². The Morgan fingerprint density at radius 2 is 1.88 bits per heavy atom. The van der Waals surface area contributed by atoms with Gasteiger partial charge in [0.25, 0.3) is 5.91 Å². The summed E-state index contributed by atoms with van der Waals surface area (Å²) in [7, 11) is 1.55. The topological polar surface area (TPSA) is 115 Å². The van der Waals surface area contributed by atoms with Crippen molar-refractivity contribution in [2.45, 2.75) is 46.6 Å². The maximum atomic E-state index is 13.3. The van der Waals surface area contributed by atoms with Crippen LogP contribution in [-0.2, 0) is 12.0 Å². The van der Waals surface area contributed by atoms with Crippen molar-refractivity contribution >= 4 is 23.2 Å². The molecule has 4 N–H and O–H groups in total. The monoisotopic (exact) mass is 466 g/mol. The molecule has 3 rings (SSSR count). The number of amidine groups is 1. The van der Waals surface area contributed by atoms with Gasteiger partial charge in [-0.05, 0) is 49.1 Å². The van der Waals surface area contributed by atoms with Gasteiger partial charge in [-0.1, -0.05) is 20.8 Å². The SMILES string of the molecule is CCNc1cc(C(=O)CN2Cc3cc(OCC)c(C(=O)NC)cc3C2=N)cc(C(C)(C)C)c1O. The third-order valence-electron chi connectivity index (χ3n) is 5.85. The molecule has 0 aliphatic carbocycles. The smallest absolute Gasteiger partial charge is 0.254 e. The predicted molar refractivity (Wildman–Crippen MR) is 134 cm³/mol. The van der Waals surface area contributed by atoms with E-state index in [1.165, 1.54) is 0 Å². The molecule has 0 aromatic heterocycles. The second kappa shape index (κ2) is 9.75. The molecule has 0 fully saturated rings. The molecule has 8 nitrogen and oxygen atoms in total. The first-order valence-electron chi connectivity index (χ1n) is 11.5. The molecule has 0 saturated heterocycles. The number of benzene rings is 2. The summed E-state index contributed by atoms with van der Waals surface area (Å²) in [5.41, 5.74) is 3.15. The maximum Gasteiger partial charge on any atom is 0.254 e. The number of ketones is 1. The number of ether oxygens (including phenoxy) is 1. The molecule has 1 aliphatic rings. The molecule has 8 heteroatoms. The molecule has 182 valence electrons. The number of hydrogen-bond donors (Lipinski definition) is 4. The van der Waals surface area contributed by atoms with Gasteiger partial charge in [-0.2, -0.15) is 0 Å². The van der Waals surface area contributed by atoms with E-state index in [-0.39, 0.29) is 35.2 Å². The molecule has 2 aromatic rings. The highest BCUT2D eigenvalue weighted by Gasteiger charge is 2.30. The Bertz CT molecular complexity index is 1130. The van der Waals surface area contributed by atoms with Gasteiger partial charge in [-0.3, -0.25) is 15.0 Å². The number of fused-ring (bicyclic) bond motifs is 1. The Labute approximate surface area is 200 Å². The Morgan fingerprint density at radius 1 is 1.18 bits per heavy atom. The lowest BCUT2D eigenvalue weighted by molar-refractivity contribution is 0.0953. The Hall–Kier alpha value is -3.55. The predicted octanol–water partition coefficient (Wildman–Crippen LogP) is 3.90. The maximum absolute atomic E-state index is 13.3. The summed E-state index contributed by atoms with van der Waals surface area (Å²) in [5.74, 6) is 0.364. The number of Topliss-reactive ketones (excluding diaryl/α,β-unsaturated/α-hetero) is 1. The average molecular weight is 467 g/mol. The number of carbonyl (C=O) groups excluding carboxylic acids is 2. The number of rotatable bonds is 8. The number of nitrogens with zero attached hydrogens (tertiary/aromatic N) is 1. The Morgan fingerprint density at radius 3 is 2.47 bits per heavy atom. The summed E-state index contributed by atoms with van der Waals surface area (Å²) >= 11 is 0. The minimum absolute atomic E-state index is 0.00666. The number of anilines is 1. The van der Waals surface area contributed by atoms with E-state index in [1.807, 2.05) is 34.6 Å². The number of hydrogen-bond acceptors (Lipinski definition) is 6. The van der Waals surface area contributed by atoms with E-state index in [0.29, 0.717) is 53.4 Å². The fraction of sp³-hybridized carbons (Fsp3) is 0.423. The van der Waals surface area contributed by atoms with E-state index >= 15 is 0 Å². The van der Waals surface area contributed by atoms with Crippen LogP contribution in [0.15, 0.2) is 24.3 Å². The zero-order valence-electron chi connectivity index (χ0n) is 20.8. The van der Waals surface area contributed by atoms with Crippen molar-refractivity contribution in [1.82, 2.24) is 10.2 Å². The molecule has 0 bridgehead atoms. The number of phenols is 1. The van der Waals surface area contributed by atoms with Gasteiger partial charge < -0.3 is 25.4 Å². The van der Waals surface area contributed by atoms with Crippen molar-refractivity contribution < 1.29 is 19.4 Å². The highest BCUT2D eigenvalue weighted by atomic mass is 16.5. The first kappa shape index (κ1) is 25.1. The van der Waals surface area contributed by atoms with Gasteiger partial charge >= 0.3 is 0 Å². The molecule has 0 unspecified atom stereocenters. The van der Waals surface area contributed by atoms with E-state index < -0.39 is 0 Å². The Balaban J connectivity index is 1.91. The summed E-state index contributed by atoms with van der Waals surface area (Å²) in [6.07, 6.45) is 0. The van der Waals surface area contributed by atoms with Crippen molar-refractivity contribution in [3.8, 4) is 11.5 Å². The zero-order chi connectivity index (χ0) is 25.2. The van der Waals surface area contributed by atoms with Gasteiger partial charge in [0.15, 0.2) is 5.78 Å². The van der Waals surface area contributed by atoms with Crippen molar-refractivity contribution in [3.63, 3.8) is 0 Å². The first-order chi connectivity index (χ1) is 16.0. The lowest BCUT2D eigenvalue weighted by Gasteiger charge is -2.24. The van der Waals surface area contributed by atoms with E-state index in [4.69, 9.17) is 10.1 Å². The normalized spacial score (nSPS) is 13.0. The van der Waals surface area contributed by atoms with Crippen LogP contribution in [0, 0.1) is 5.41 Å². The second-order valence-corrected chi connectivity index (χ2v) is 9.35. The molecule has 2 aromatic carbocycles. The first-order valence-corrected chi connectivity index (χ1v) is 11.5. The van der Waals surface area contributed by atoms with Crippen LogP contribution >= 0.6 is 0 Å². The van der Waals surface area contributed by atoms with E-state index in [0.717, 1.165) is 5.56 Å². The highest BCUT2D eigenvalue weighted by molar-refractivity contribution is 6.07. The van der Waals surface area contributed by atoms with Crippen LogP contribution in [-0.4, -0.2) is 54.3 Å². The summed E-state index contributed by atoms with van der Waals surface area (Å²) < 4.78 is 5.65. The molecule has 0 radical (unpaired) electrons. The molecule has 0 saturated carbocycles. The number of carbonyl (C=O) groups is 2. The summed E-state index contributed by atoms with van der Waals surface area (Å²) in [4.78, 5) is 27.3. The fourth-order valence-corrected chi connectivity index (χ4v) is 4.11. The number of amides is 1. The van der Waals surface area contributed by atoms with Gasteiger partial charge in [0.1, 0.15) is 17.3 Å². The minimum atomic E-state index is -0.354. The molecule has 1 amide bonds. The molecule has 0 atom stereocenters. The molecule has 34 heavy (non-hydrogen) atoms. The fourth-order valence-electron chi connectivity index (χ4n) is 4.11. The quantitative estimate of drug-likeness (QED) is 0.346. The average Bonchev–Trinajstić information content (AvgIpc) is 3.07. The lowest BCUT2D eigenvalue weighted by Crippen LogP contribution is -2.30. The largest absolute Gasteiger partial charge is 0.505 e. The van der Waals surface area contributed by atoms with Gasteiger partial charge in [-0.25, -0.2) is 0 Å². The van der Waals surface area contributed by atoms with Crippen molar-refractivity contribution in [3.05, 3.63) is 52.1 Å². The van der Waals surface area contributed by atoms with Gasteiger partial charge in [-0.15, -0.1) is 0 Å². The molecule has 0 spiro atoms. The summed E-state index contributed by atoms with van der Waals surface area (Å²) in [6, 6.07) is 6.85. The van der Waals surface area contributed by atoms with E-state index in [2.05, 4.69) is 10.6 Å². The zero-order valence-corrected chi connectivity index (χ0v) is 20.8. The van der Waals surface area contributed by atoms with Crippen LogP contribution in [0.1, 0.15) is 72.0 Å². The molecule has 1 heterocycles. The standard InChI is InChI=1S/C26H34N4O4/c1-7-29-20-10-15(9-19(23(20)32)26(3,4)5)21(31)14-30-13-16-11-22(34-8-2)18(25(33)28-6)12-17(16)24(30)27/h9-12,27,29,32H,7-8,13-14H2,1-6H3,(H,28,33). The van der Waals surface area contributed by atoms with Crippen LogP contribution in [0.3, 0.4) is 0 Å². The minimum Gasteiger partial charge on any atom is -0.505 e. The Kier molecular flexibility index (Phi) is 7.19. The molecule has 1 aliphatic heterocycles. The van der Waals surface area contributed by atoms with Crippen LogP contribution in [0.4, 0.5) is 5.69 Å². The van der Waals surface area contributed by atoms with E-state index in [9.17, 15) is 14.7 Å². The van der Waals surface area contributed by atoms with Crippen LogP contribution in [0.5, 0.6) is 11.5 Å². The van der Waals surface area contributed by atoms with E-state index in [1.54, 1.807) is 36.2 Å². The number of aromatic hydroxyl groups is 1. The van der Waals surface area contributed by atoms with Crippen molar-refractivity contribution in [1.29, 1.82) is 5.41 Å². The number of nitrogens with one attached hydrogen (secondary N) is 3. The summed E-state index contributed by atoms with van der Waals surface area (Å²) in [6.45, 7) is 11.1. The molecular formula is C26H34N4O4. The van der Waals surface area contributed by atoms with Gasteiger partial charge in [0, 0.05) is 36.8 Å². The van der Waals surface area contributed by atoms with Crippen LogP contribution in [0.2, 0.25) is 0 Å². The van der Waals surface area contributed by atoms with Gasteiger partial charge in [0.05, 0.1) is 24.4 Å². The second-order valence-electron chi connectivity index (χ2n) is 9.35.